The van der Waals surface area contributed by atoms with Crippen molar-refractivity contribution in [3.05, 3.63) is 48.8 Å². The van der Waals surface area contributed by atoms with Crippen LogP contribution in [0.3, 0.4) is 0 Å². The highest BCUT2D eigenvalue weighted by atomic mass is 79.9. The second kappa shape index (κ2) is 10.1. The summed E-state index contributed by atoms with van der Waals surface area (Å²) in [6.07, 6.45) is 0. The number of benzene rings is 2. The van der Waals surface area contributed by atoms with Gasteiger partial charge in [0.05, 0.1) is 45.5 Å². The van der Waals surface area contributed by atoms with Gasteiger partial charge in [0.25, 0.3) is 0 Å². The molecule has 1 fully saturated rings. The predicted octanol–water partition coefficient (Wildman–Crippen LogP) is 7.07. The first-order chi connectivity index (χ1) is 13.8. The van der Waals surface area contributed by atoms with E-state index in [0.29, 0.717) is 31.6 Å². The van der Waals surface area contributed by atoms with Crippen LogP contribution in [0.15, 0.2) is 28.7 Å². The third kappa shape index (κ3) is 5.72. The van der Waals surface area contributed by atoms with Crippen LogP contribution < -0.4 is 14.9 Å². The Balaban J connectivity index is 0.000000248. The van der Waals surface area contributed by atoms with E-state index in [0.717, 1.165) is 9.94 Å². The van der Waals surface area contributed by atoms with Crippen LogP contribution in [0.4, 0.5) is 0 Å². The maximum Gasteiger partial charge on any atom is 0.494 e. The zero-order chi connectivity index (χ0) is 22.9. The summed E-state index contributed by atoms with van der Waals surface area (Å²) in [4.78, 5) is 0. The van der Waals surface area contributed by atoms with Gasteiger partial charge in [-0.15, -0.1) is 0 Å². The molecule has 0 spiro atoms. The number of methoxy groups -OCH3 is 2. The summed E-state index contributed by atoms with van der Waals surface area (Å²) in [6, 6.07) is 6.97. The van der Waals surface area contributed by atoms with Crippen LogP contribution in [0.1, 0.15) is 27.7 Å². The molecule has 2 aromatic rings. The molecule has 2 aromatic carbocycles. The normalized spacial score (nSPS) is 16.7. The maximum absolute atomic E-state index is 6.13. The average Bonchev–Trinajstić information content (AvgIpc) is 2.82. The second-order valence-electron chi connectivity index (χ2n) is 7.51. The summed E-state index contributed by atoms with van der Waals surface area (Å²) >= 11 is 27.1. The van der Waals surface area contributed by atoms with Crippen LogP contribution in [-0.2, 0) is 9.31 Å². The van der Waals surface area contributed by atoms with E-state index in [1.807, 2.05) is 27.7 Å². The molecule has 3 rings (SSSR count). The van der Waals surface area contributed by atoms with E-state index in [-0.39, 0.29) is 0 Å². The molecule has 0 saturated carbocycles. The molecule has 30 heavy (non-hydrogen) atoms. The predicted molar refractivity (Wildman–Crippen MR) is 129 cm³/mol. The molecular formula is C20H22BBrCl4O4. The van der Waals surface area contributed by atoms with Gasteiger partial charge < -0.3 is 18.8 Å². The minimum atomic E-state index is -0.481. The van der Waals surface area contributed by atoms with Gasteiger partial charge in [0, 0.05) is 4.47 Å². The fourth-order valence-electron chi connectivity index (χ4n) is 2.61. The van der Waals surface area contributed by atoms with Crippen molar-refractivity contribution >= 4 is 74.9 Å². The molecule has 0 N–H and O–H groups in total. The van der Waals surface area contributed by atoms with Crippen LogP contribution in [0.2, 0.25) is 20.1 Å². The summed E-state index contributed by atoms with van der Waals surface area (Å²) in [5, 5.41) is 1.90. The van der Waals surface area contributed by atoms with E-state index in [1.54, 1.807) is 24.3 Å². The number of ether oxygens (including phenoxy) is 2. The fraction of sp³-hybridized carbons (Fsp3) is 0.400. The minimum Gasteiger partial charge on any atom is -0.494 e. The molecule has 0 aliphatic carbocycles. The standard InChI is InChI=1S/C13H17BCl2O3.C7H5BrCl2O/c1-12(2)13(3,4)19-14(18-12)8-6-9(15)11(17-5)10(16)7-8;1-11-7-5(9)2-4(8)3-6(7)10/h6-7H,1-5H3;2-3H,1H3. The lowest BCUT2D eigenvalue weighted by Gasteiger charge is -2.32. The molecule has 1 heterocycles. The van der Waals surface area contributed by atoms with Gasteiger partial charge in [-0.3, -0.25) is 0 Å². The summed E-state index contributed by atoms with van der Waals surface area (Å²) in [5.74, 6) is 0.972. The number of rotatable bonds is 3. The van der Waals surface area contributed by atoms with Crippen LogP contribution in [-0.4, -0.2) is 32.5 Å². The van der Waals surface area contributed by atoms with E-state index in [1.165, 1.54) is 14.2 Å². The second-order valence-corrected chi connectivity index (χ2v) is 10.1. The number of hydrogen-bond donors (Lipinski definition) is 0. The fourth-order valence-corrected chi connectivity index (χ4v) is 4.63. The Morgan fingerprint density at radius 2 is 1.07 bits per heavy atom. The van der Waals surface area contributed by atoms with E-state index in [4.69, 9.17) is 65.2 Å². The Morgan fingerprint density at radius 3 is 1.40 bits per heavy atom. The van der Waals surface area contributed by atoms with Crippen molar-refractivity contribution in [3.8, 4) is 11.5 Å². The molecule has 1 aliphatic heterocycles. The van der Waals surface area contributed by atoms with Gasteiger partial charge in [0.1, 0.15) is 0 Å². The van der Waals surface area contributed by atoms with Crippen molar-refractivity contribution in [1.82, 2.24) is 0 Å². The van der Waals surface area contributed by atoms with Gasteiger partial charge >= 0.3 is 7.12 Å². The van der Waals surface area contributed by atoms with Gasteiger partial charge in [0.15, 0.2) is 11.5 Å². The molecule has 164 valence electrons. The average molecular weight is 559 g/mol. The first kappa shape index (κ1) is 25.9. The van der Waals surface area contributed by atoms with Gasteiger partial charge in [-0.25, -0.2) is 0 Å². The van der Waals surface area contributed by atoms with Crippen molar-refractivity contribution in [2.24, 2.45) is 0 Å². The molecule has 0 aromatic heterocycles. The third-order valence-corrected chi connectivity index (χ3v) is 6.50. The molecule has 0 atom stereocenters. The molecule has 10 heteroatoms. The summed E-state index contributed by atoms with van der Waals surface area (Å²) in [5.41, 5.74) is 0.00190. The maximum atomic E-state index is 6.13. The van der Waals surface area contributed by atoms with Crippen LogP contribution >= 0.6 is 62.3 Å². The number of hydrogen-bond acceptors (Lipinski definition) is 4. The van der Waals surface area contributed by atoms with E-state index < -0.39 is 18.3 Å². The van der Waals surface area contributed by atoms with Crippen molar-refractivity contribution in [2.45, 2.75) is 38.9 Å². The topological polar surface area (TPSA) is 36.9 Å². The van der Waals surface area contributed by atoms with Crippen molar-refractivity contribution in [2.75, 3.05) is 14.2 Å². The third-order valence-electron chi connectivity index (χ3n) is 4.92. The molecule has 1 aliphatic rings. The Bertz CT molecular complexity index is 862. The molecule has 0 unspecified atom stereocenters. The highest BCUT2D eigenvalue weighted by molar-refractivity contribution is 9.10. The smallest absolute Gasteiger partial charge is 0.494 e. The molecular weight excluding hydrogens is 537 g/mol. The van der Waals surface area contributed by atoms with Crippen molar-refractivity contribution in [1.29, 1.82) is 0 Å². The Labute approximate surface area is 206 Å². The monoisotopic (exact) mass is 556 g/mol. The SMILES string of the molecule is COc1c(Cl)cc(B2OC(C)(C)C(C)(C)O2)cc1Cl.COc1c(Cl)cc(Br)cc1Cl. The lowest BCUT2D eigenvalue weighted by molar-refractivity contribution is 0.00578. The minimum absolute atomic E-state index is 0.392. The molecule has 0 bridgehead atoms. The zero-order valence-electron chi connectivity index (χ0n) is 17.4. The van der Waals surface area contributed by atoms with Gasteiger partial charge in [-0.05, 0) is 57.4 Å². The lowest BCUT2D eigenvalue weighted by Crippen LogP contribution is -2.41. The molecule has 0 amide bonds. The van der Waals surface area contributed by atoms with Gasteiger partial charge in [-0.2, -0.15) is 0 Å². The van der Waals surface area contributed by atoms with Crippen LogP contribution in [0.25, 0.3) is 0 Å². The first-order valence-corrected chi connectivity index (χ1v) is 11.2. The van der Waals surface area contributed by atoms with Crippen LogP contribution in [0, 0.1) is 0 Å². The zero-order valence-corrected chi connectivity index (χ0v) is 22.0. The van der Waals surface area contributed by atoms with Crippen LogP contribution in [0.5, 0.6) is 11.5 Å². The summed E-state index contributed by atoms with van der Waals surface area (Å²) < 4.78 is 22.8. The Kier molecular flexibility index (Phi) is 8.71. The summed E-state index contributed by atoms with van der Waals surface area (Å²) in [7, 11) is 2.58. The van der Waals surface area contributed by atoms with E-state index in [9.17, 15) is 0 Å². The van der Waals surface area contributed by atoms with Crippen molar-refractivity contribution in [3.63, 3.8) is 0 Å². The Hall–Kier alpha value is -0.335. The highest BCUT2D eigenvalue weighted by Gasteiger charge is 2.51. The quantitative estimate of drug-likeness (QED) is 0.378. The Morgan fingerprint density at radius 1 is 0.733 bits per heavy atom. The van der Waals surface area contributed by atoms with Crippen molar-refractivity contribution < 1.29 is 18.8 Å². The van der Waals surface area contributed by atoms with E-state index >= 15 is 0 Å². The van der Waals surface area contributed by atoms with Gasteiger partial charge in [-0.1, -0.05) is 62.3 Å². The lowest BCUT2D eigenvalue weighted by atomic mass is 9.79. The molecule has 0 radical (unpaired) electrons. The highest BCUT2D eigenvalue weighted by Crippen LogP contribution is 2.38. The summed E-state index contributed by atoms with van der Waals surface area (Å²) in [6.45, 7) is 8.00. The number of halogens is 5. The first-order valence-electron chi connectivity index (χ1n) is 8.90. The van der Waals surface area contributed by atoms with Gasteiger partial charge in [0.2, 0.25) is 0 Å². The van der Waals surface area contributed by atoms with E-state index in [2.05, 4.69) is 15.9 Å². The molecule has 4 nitrogen and oxygen atoms in total. The molecule has 1 saturated heterocycles. The largest absolute Gasteiger partial charge is 0.494 e.